The van der Waals surface area contributed by atoms with E-state index in [1.807, 2.05) is 26.0 Å². The van der Waals surface area contributed by atoms with Gasteiger partial charge in [0.25, 0.3) is 5.56 Å². The fraction of sp³-hybridized carbons (Fsp3) is 0.136. The van der Waals surface area contributed by atoms with Crippen LogP contribution in [0.25, 0.3) is 15.9 Å². The van der Waals surface area contributed by atoms with Crippen LogP contribution in [0.15, 0.2) is 57.4 Å². The van der Waals surface area contributed by atoms with Gasteiger partial charge >= 0.3 is 5.69 Å². The molecule has 2 aromatic carbocycles. The van der Waals surface area contributed by atoms with Crippen molar-refractivity contribution < 1.29 is 13.6 Å². The molecule has 2 heterocycles. The monoisotopic (exact) mass is 441 g/mol. The summed E-state index contributed by atoms with van der Waals surface area (Å²) in [5.41, 5.74) is 1.11. The van der Waals surface area contributed by atoms with Crippen LogP contribution in [0.1, 0.15) is 11.1 Å². The van der Waals surface area contributed by atoms with Gasteiger partial charge in [-0.05, 0) is 60.7 Å². The molecule has 158 valence electrons. The number of carbonyl (C=O) groups is 1. The van der Waals surface area contributed by atoms with Crippen molar-refractivity contribution in [3.05, 3.63) is 91.4 Å². The molecule has 0 radical (unpaired) electrons. The summed E-state index contributed by atoms with van der Waals surface area (Å²) >= 11 is 1.08. The molecule has 0 bridgehead atoms. The van der Waals surface area contributed by atoms with Gasteiger partial charge in [0.1, 0.15) is 22.9 Å². The Bertz CT molecular complexity index is 1430. The summed E-state index contributed by atoms with van der Waals surface area (Å²) in [7, 11) is 0. The summed E-state index contributed by atoms with van der Waals surface area (Å²) < 4.78 is 29.4. The summed E-state index contributed by atoms with van der Waals surface area (Å²) in [5, 5.41) is 4.34. The van der Waals surface area contributed by atoms with Gasteiger partial charge in [-0.15, -0.1) is 11.3 Å². The molecule has 1 amide bonds. The van der Waals surface area contributed by atoms with Crippen LogP contribution in [-0.2, 0) is 11.3 Å². The van der Waals surface area contributed by atoms with Gasteiger partial charge in [-0.3, -0.25) is 14.2 Å². The molecular weight excluding hydrogens is 424 g/mol. The maximum absolute atomic E-state index is 13.7. The quantitative estimate of drug-likeness (QED) is 0.524. The molecule has 0 aliphatic heterocycles. The van der Waals surface area contributed by atoms with Crippen molar-refractivity contribution in [3.63, 3.8) is 0 Å². The molecule has 0 unspecified atom stereocenters. The number of nitrogens with one attached hydrogen (secondary N) is 1. The smallest absolute Gasteiger partial charge is 0.325 e. The van der Waals surface area contributed by atoms with Crippen LogP contribution in [0.5, 0.6) is 0 Å². The molecule has 0 fully saturated rings. The second-order valence-electron chi connectivity index (χ2n) is 7.12. The zero-order chi connectivity index (χ0) is 22.3. The highest BCUT2D eigenvalue weighted by atomic mass is 32.1. The average molecular weight is 441 g/mol. The number of carbonyl (C=O) groups excluding carboxylic acids is 1. The van der Waals surface area contributed by atoms with Crippen LogP contribution >= 0.6 is 11.3 Å². The molecule has 9 heteroatoms. The SMILES string of the molecule is Cc1ccc(NC(=O)Cn2c(=O)n(-c3cc(F)cc(F)c3)c(=O)c3sccc32)cc1C. The number of amides is 1. The third-order valence-corrected chi connectivity index (χ3v) is 5.84. The van der Waals surface area contributed by atoms with Gasteiger partial charge in [-0.25, -0.2) is 18.1 Å². The van der Waals surface area contributed by atoms with Gasteiger partial charge in [-0.1, -0.05) is 6.07 Å². The lowest BCUT2D eigenvalue weighted by Gasteiger charge is -2.13. The molecule has 1 N–H and O–H groups in total. The number of aryl methyl sites for hydroxylation is 2. The molecule has 4 rings (SSSR count). The van der Waals surface area contributed by atoms with Crippen molar-refractivity contribution in [3.8, 4) is 5.69 Å². The van der Waals surface area contributed by atoms with Gasteiger partial charge in [0.15, 0.2) is 0 Å². The molecule has 4 aromatic rings. The van der Waals surface area contributed by atoms with Gasteiger partial charge in [0, 0.05) is 11.8 Å². The first-order valence-corrected chi connectivity index (χ1v) is 10.2. The van der Waals surface area contributed by atoms with Crippen molar-refractivity contribution in [1.82, 2.24) is 9.13 Å². The van der Waals surface area contributed by atoms with Gasteiger partial charge in [-0.2, -0.15) is 0 Å². The minimum absolute atomic E-state index is 0.197. The largest absolute Gasteiger partial charge is 0.336 e. The van der Waals surface area contributed by atoms with E-state index in [2.05, 4.69) is 5.32 Å². The first-order chi connectivity index (χ1) is 14.7. The number of aromatic nitrogens is 2. The van der Waals surface area contributed by atoms with Crippen molar-refractivity contribution >= 4 is 33.1 Å². The Kier molecular flexibility index (Phi) is 5.28. The number of anilines is 1. The van der Waals surface area contributed by atoms with Crippen LogP contribution in [0.4, 0.5) is 14.5 Å². The second-order valence-corrected chi connectivity index (χ2v) is 8.04. The molecule has 6 nitrogen and oxygen atoms in total. The number of fused-ring (bicyclic) bond motifs is 1. The van der Waals surface area contributed by atoms with E-state index < -0.39 is 28.8 Å². The lowest BCUT2D eigenvalue weighted by Crippen LogP contribution is -2.40. The summed E-state index contributed by atoms with van der Waals surface area (Å²) in [5.74, 6) is -2.33. The average Bonchev–Trinajstić information content (AvgIpc) is 3.17. The predicted octanol–water partition coefficient (Wildman–Crippen LogP) is 3.75. The van der Waals surface area contributed by atoms with Crippen LogP contribution < -0.4 is 16.6 Å². The molecule has 0 saturated heterocycles. The van der Waals surface area contributed by atoms with Crippen molar-refractivity contribution in [2.24, 2.45) is 0 Å². The van der Waals surface area contributed by atoms with E-state index in [1.165, 1.54) is 0 Å². The maximum atomic E-state index is 13.7. The molecule has 0 atom stereocenters. The van der Waals surface area contributed by atoms with Crippen LogP contribution in [0.2, 0.25) is 0 Å². The van der Waals surface area contributed by atoms with Crippen LogP contribution in [0.3, 0.4) is 0 Å². The van der Waals surface area contributed by atoms with Gasteiger partial charge in [0.2, 0.25) is 5.91 Å². The number of benzene rings is 2. The summed E-state index contributed by atoms with van der Waals surface area (Å²) in [6.45, 7) is 3.49. The van der Waals surface area contributed by atoms with Crippen LogP contribution in [0, 0.1) is 25.5 Å². The van der Waals surface area contributed by atoms with E-state index >= 15 is 0 Å². The number of hydrogen-bond acceptors (Lipinski definition) is 4. The maximum Gasteiger partial charge on any atom is 0.336 e. The fourth-order valence-corrected chi connectivity index (χ4v) is 4.12. The highest BCUT2D eigenvalue weighted by Gasteiger charge is 2.18. The topological polar surface area (TPSA) is 73.1 Å². The molecule has 31 heavy (non-hydrogen) atoms. The minimum atomic E-state index is -0.924. The molecule has 0 spiro atoms. The number of hydrogen-bond donors (Lipinski definition) is 1. The first kappa shape index (κ1) is 20.7. The van der Waals surface area contributed by atoms with E-state index in [-0.39, 0.29) is 22.4 Å². The summed E-state index contributed by atoms with van der Waals surface area (Å²) in [4.78, 5) is 38.6. The van der Waals surface area contributed by atoms with Crippen molar-refractivity contribution in [2.75, 3.05) is 5.32 Å². The van der Waals surface area contributed by atoms with E-state index in [1.54, 1.807) is 17.5 Å². The summed E-state index contributed by atoms with van der Waals surface area (Å²) in [6, 6.07) is 9.42. The number of nitrogens with zero attached hydrogens (tertiary/aromatic N) is 2. The third kappa shape index (κ3) is 3.91. The lowest BCUT2D eigenvalue weighted by atomic mass is 10.1. The highest BCUT2D eigenvalue weighted by molar-refractivity contribution is 7.17. The highest BCUT2D eigenvalue weighted by Crippen LogP contribution is 2.18. The van der Waals surface area contributed by atoms with E-state index in [9.17, 15) is 23.2 Å². The second kappa shape index (κ2) is 7.92. The number of thiophene rings is 1. The molecule has 2 aromatic heterocycles. The predicted molar refractivity (Wildman–Crippen MR) is 116 cm³/mol. The minimum Gasteiger partial charge on any atom is -0.325 e. The molecule has 0 aliphatic rings. The third-order valence-electron chi connectivity index (χ3n) is 4.95. The molecule has 0 saturated carbocycles. The Hall–Kier alpha value is -3.59. The Morgan fingerprint density at radius 2 is 1.71 bits per heavy atom. The fourth-order valence-electron chi connectivity index (χ4n) is 3.30. The van der Waals surface area contributed by atoms with E-state index in [0.29, 0.717) is 16.3 Å². The van der Waals surface area contributed by atoms with Gasteiger partial charge < -0.3 is 5.32 Å². The molecule has 0 aliphatic carbocycles. The Morgan fingerprint density at radius 3 is 2.39 bits per heavy atom. The first-order valence-electron chi connectivity index (χ1n) is 9.31. The van der Waals surface area contributed by atoms with E-state index in [0.717, 1.165) is 39.2 Å². The zero-order valence-electron chi connectivity index (χ0n) is 16.6. The number of rotatable bonds is 4. The van der Waals surface area contributed by atoms with Crippen molar-refractivity contribution in [1.29, 1.82) is 0 Å². The normalized spacial score (nSPS) is 11.1. The summed E-state index contributed by atoms with van der Waals surface area (Å²) in [6.07, 6.45) is 0. The van der Waals surface area contributed by atoms with Crippen molar-refractivity contribution in [2.45, 2.75) is 20.4 Å². The number of halogens is 2. The van der Waals surface area contributed by atoms with Crippen LogP contribution in [-0.4, -0.2) is 15.0 Å². The Balaban J connectivity index is 1.80. The molecular formula is C22H17F2N3O3S. The van der Waals surface area contributed by atoms with Gasteiger partial charge in [0.05, 0.1) is 11.2 Å². The lowest BCUT2D eigenvalue weighted by molar-refractivity contribution is -0.116. The standard InChI is InChI=1S/C22H17F2N3O3S/c1-12-3-4-16(7-13(12)2)25-19(28)11-26-18-5-6-31-20(18)21(29)27(22(26)30)17-9-14(23)8-15(24)10-17/h3-10H,11H2,1-2H3,(H,25,28). The van der Waals surface area contributed by atoms with E-state index in [4.69, 9.17) is 0 Å². The Labute approximate surface area is 179 Å². The Morgan fingerprint density at radius 1 is 1.00 bits per heavy atom. The zero-order valence-corrected chi connectivity index (χ0v) is 17.4.